The number of aliphatic hydroxyl groups excluding tert-OH is 1. The van der Waals surface area contributed by atoms with Crippen molar-refractivity contribution in [1.82, 2.24) is 9.80 Å². The first kappa shape index (κ1) is 28.5. The molecule has 12 heteroatoms. The number of phenols is 1. The summed E-state index contributed by atoms with van der Waals surface area (Å²) in [7, 11) is 3.00. The largest absolute Gasteiger partial charge is 0.507 e. The molecule has 1 aromatic rings. The molecule has 1 aliphatic heterocycles. The molecule has 3 fully saturated rings. The highest BCUT2D eigenvalue weighted by atomic mass is 19.1. The van der Waals surface area contributed by atoms with Crippen LogP contribution in [0.5, 0.6) is 5.75 Å². The number of phenolic OH excluding ortho intramolecular Hbond substituents is 1. The molecule has 3 aliphatic carbocycles. The monoisotopic (exact) mass is 559 g/mol. The molecule has 40 heavy (non-hydrogen) atoms. The van der Waals surface area contributed by atoms with Crippen LogP contribution < -0.4 is 5.73 Å². The van der Waals surface area contributed by atoms with E-state index in [0.717, 1.165) is 12.8 Å². The number of hydrogen-bond acceptors (Lipinski definition) is 10. The Hall–Kier alpha value is -3.06. The molecule has 5 N–H and O–H groups in total. The van der Waals surface area contributed by atoms with Gasteiger partial charge in [-0.3, -0.25) is 33.8 Å². The molecule has 11 nitrogen and oxygen atoms in total. The SMILES string of the molecule is CN(C)[C@@H]1C(=O)C(C(N)=O)C(=O)[C@@]2(O)C(=O)C3C(=O)c4c(O)cc(CN5CCC[C@@H]5CCO)c(F)c4C[C@H]3C[C@@H]12. The Morgan fingerprint density at radius 1 is 1.23 bits per heavy atom. The van der Waals surface area contributed by atoms with Gasteiger partial charge in [-0.05, 0) is 64.7 Å². The number of hydrogen-bond donors (Lipinski definition) is 4. The number of likely N-dealkylation sites (N-methyl/N-ethyl adjacent to an activating group) is 1. The molecule has 216 valence electrons. The summed E-state index contributed by atoms with van der Waals surface area (Å²) in [4.78, 5) is 69.4. The topological polar surface area (TPSA) is 179 Å². The lowest BCUT2D eigenvalue weighted by Gasteiger charge is -2.52. The molecule has 1 amide bonds. The van der Waals surface area contributed by atoms with Gasteiger partial charge in [-0.15, -0.1) is 0 Å². The fourth-order valence-electron chi connectivity index (χ4n) is 7.62. The summed E-state index contributed by atoms with van der Waals surface area (Å²) in [5.74, 6) is -12.4. The molecule has 1 saturated heterocycles. The fraction of sp³-hybridized carbons (Fsp3) is 0.607. The lowest BCUT2D eigenvalue weighted by Crippen LogP contribution is -2.74. The van der Waals surface area contributed by atoms with Gasteiger partial charge < -0.3 is 21.1 Å². The summed E-state index contributed by atoms with van der Waals surface area (Å²) < 4.78 is 16.0. The van der Waals surface area contributed by atoms with Crippen LogP contribution in [0.25, 0.3) is 0 Å². The van der Waals surface area contributed by atoms with Gasteiger partial charge in [-0.2, -0.15) is 0 Å². The first-order valence-electron chi connectivity index (χ1n) is 13.6. The third-order valence-corrected chi connectivity index (χ3v) is 9.40. The van der Waals surface area contributed by atoms with E-state index in [-0.39, 0.29) is 48.7 Å². The lowest BCUT2D eigenvalue weighted by molar-refractivity contribution is -0.181. The lowest BCUT2D eigenvalue weighted by atomic mass is 9.52. The van der Waals surface area contributed by atoms with Gasteiger partial charge in [0, 0.05) is 36.2 Å². The molecule has 2 saturated carbocycles. The Labute approximate surface area is 230 Å². The molecule has 0 aromatic heterocycles. The van der Waals surface area contributed by atoms with Gasteiger partial charge in [0.1, 0.15) is 11.6 Å². The summed E-state index contributed by atoms with van der Waals surface area (Å²) in [6.45, 7) is 0.860. The molecule has 1 heterocycles. The van der Waals surface area contributed by atoms with Crippen LogP contribution in [-0.4, -0.2) is 99.1 Å². The van der Waals surface area contributed by atoms with Crippen molar-refractivity contribution in [3.63, 3.8) is 0 Å². The highest BCUT2D eigenvalue weighted by molar-refractivity contribution is 6.32. The van der Waals surface area contributed by atoms with E-state index in [1.165, 1.54) is 25.1 Å². The second kappa shape index (κ2) is 10.1. The van der Waals surface area contributed by atoms with E-state index in [1.807, 2.05) is 4.90 Å². The third-order valence-electron chi connectivity index (χ3n) is 9.40. The Morgan fingerprint density at radius 2 is 1.93 bits per heavy atom. The maximum absolute atomic E-state index is 16.0. The van der Waals surface area contributed by atoms with E-state index >= 15 is 4.39 Å². The number of aliphatic hydroxyl groups is 2. The number of primary amides is 1. The zero-order valence-corrected chi connectivity index (χ0v) is 22.4. The normalized spacial score (nSPS) is 34.1. The van der Waals surface area contributed by atoms with E-state index in [0.29, 0.717) is 13.0 Å². The van der Waals surface area contributed by atoms with Crippen molar-refractivity contribution in [1.29, 1.82) is 0 Å². The molecular weight excluding hydrogens is 525 g/mol. The van der Waals surface area contributed by atoms with E-state index in [4.69, 9.17) is 5.73 Å². The molecule has 0 bridgehead atoms. The zero-order valence-electron chi connectivity index (χ0n) is 22.4. The number of fused-ring (bicyclic) bond motifs is 3. The van der Waals surface area contributed by atoms with Crippen LogP contribution in [0.3, 0.4) is 0 Å². The van der Waals surface area contributed by atoms with Gasteiger partial charge in [-0.1, -0.05) is 0 Å². The molecule has 0 radical (unpaired) electrons. The molecule has 4 aliphatic rings. The average molecular weight is 560 g/mol. The van der Waals surface area contributed by atoms with Crippen molar-refractivity contribution >= 4 is 29.0 Å². The first-order chi connectivity index (χ1) is 18.8. The van der Waals surface area contributed by atoms with E-state index < -0.39 is 75.9 Å². The van der Waals surface area contributed by atoms with Crippen molar-refractivity contribution in [2.75, 3.05) is 27.2 Å². The number of nitrogens with two attached hydrogens (primary N) is 1. The molecule has 7 atom stereocenters. The summed E-state index contributed by atoms with van der Waals surface area (Å²) in [6.07, 6.45) is 2.01. The summed E-state index contributed by atoms with van der Waals surface area (Å²) in [6, 6.07) is 0.0156. The average Bonchev–Trinajstić information content (AvgIpc) is 3.30. The molecule has 2 unspecified atom stereocenters. The highest BCUT2D eigenvalue weighted by Gasteiger charge is 2.69. The van der Waals surface area contributed by atoms with E-state index in [2.05, 4.69) is 0 Å². The van der Waals surface area contributed by atoms with Gasteiger partial charge in [0.2, 0.25) is 5.91 Å². The van der Waals surface area contributed by atoms with Gasteiger partial charge in [0.05, 0.1) is 17.5 Å². The third kappa shape index (κ3) is 4.03. The van der Waals surface area contributed by atoms with Crippen LogP contribution in [0.2, 0.25) is 0 Å². The van der Waals surface area contributed by atoms with Gasteiger partial charge >= 0.3 is 0 Å². The van der Waals surface area contributed by atoms with Gasteiger partial charge in [-0.25, -0.2) is 4.39 Å². The number of rotatable bonds is 6. The Kier molecular flexibility index (Phi) is 7.18. The van der Waals surface area contributed by atoms with Crippen LogP contribution in [-0.2, 0) is 32.1 Å². The minimum Gasteiger partial charge on any atom is -0.507 e. The maximum atomic E-state index is 16.0. The minimum atomic E-state index is -2.82. The van der Waals surface area contributed by atoms with Crippen LogP contribution in [0.4, 0.5) is 4.39 Å². The van der Waals surface area contributed by atoms with Crippen molar-refractivity contribution < 1.29 is 43.7 Å². The smallest absolute Gasteiger partial charge is 0.235 e. The molecule has 1 aromatic carbocycles. The predicted octanol–water partition coefficient (Wildman–Crippen LogP) is -0.647. The van der Waals surface area contributed by atoms with Crippen LogP contribution in [0, 0.1) is 29.5 Å². The second-order valence-electron chi connectivity index (χ2n) is 11.8. The van der Waals surface area contributed by atoms with Crippen molar-refractivity contribution in [2.24, 2.45) is 29.4 Å². The number of carbonyl (C=O) groups excluding carboxylic acids is 5. The molecule has 0 spiro atoms. The van der Waals surface area contributed by atoms with E-state index in [1.54, 1.807) is 0 Å². The quantitative estimate of drug-likeness (QED) is 0.328. The van der Waals surface area contributed by atoms with Crippen LogP contribution >= 0.6 is 0 Å². The number of carbonyl (C=O) groups is 5. The van der Waals surface area contributed by atoms with Crippen LogP contribution in [0.15, 0.2) is 6.07 Å². The number of Topliss-reactive ketones (excluding diaryl/α,β-unsaturated/α-hetero) is 4. The van der Waals surface area contributed by atoms with Crippen molar-refractivity contribution in [2.45, 2.75) is 56.3 Å². The molecule has 5 rings (SSSR count). The number of likely N-dealkylation sites (tertiary alicyclic amines) is 1. The number of amides is 1. The minimum absolute atomic E-state index is 0.00264. The first-order valence-corrected chi connectivity index (χ1v) is 13.6. The number of nitrogens with zero attached hydrogens (tertiary/aromatic N) is 2. The number of benzene rings is 1. The zero-order chi connectivity index (χ0) is 29.3. The number of ketones is 4. The summed E-state index contributed by atoms with van der Waals surface area (Å²) in [5, 5.41) is 31.8. The molecular formula is C28H34FN3O8. The predicted molar refractivity (Wildman–Crippen MR) is 136 cm³/mol. The fourth-order valence-corrected chi connectivity index (χ4v) is 7.62. The van der Waals surface area contributed by atoms with Crippen molar-refractivity contribution in [3.8, 4) is 5.75 Å². The summed E-state index contributed by atoms with van der Waals surface area (Å²) in [5.41, 5.74) is 2.28. The number of halogens is 1. The Bertz CT molecular complexity index is 1310. The summed E-state index contributed by atoms with van der Waals surface area (Å²) >= 11 is 0. The Morgan fingerprint density at radius 3 is 2.55 bits per heavy atom. The van der Waals surface area contributed by atoms with E-state index in [9.17, 15) is 39.3 Å². The van der Waals surface area contributed by atoms with Crippen molar-refractivity contribution in [3.05, 3.63) is 28.6 Å². The van der Waals surface area contributed by atoms with Gasteiger partial charge in [0.15, 0.2) is 34.7 Å². The second-order valence-corrected chi connectivity index (χ2v) is 11.8. The van der Waals surface area contributed by atoms with Gasteiger partial charge in [0.25, 0.3) is 0 Å². The highest BCUT2D eigenvalue weighted by Crippen LogP contribution is 2.51. The van der Waals surface area contributed by atoms with Crippen LogP contribution in [0.1, 0.15) is 47.2 Å². The number of aromatic hydroxyl groups is 1. The standard InChI is InChI=1S/C28H34FN3O8/c1-31(2)22-16-9-12-8-15-19(17(34)10-13(21(15)29)11-32-6-3-4-14(32)5-7-33)23(35)18(12)25(37)28(16,40)26(38)20(24(22)36)27(30)39/h10,12,14,16,18,20,22,33-34,40H,3-9,11H2,1-2H3,(H2,30,39)/t12-,14+,16-,18?,20?,22-,28-/m0/s1. The maximum Gasteiger partial charge on any atom is 0.235 e. The Balaban J connectivity index is 1.55.